The topological polar surface area (TPSA) is 530 Å². The van der Waals surface area contributed by atoms with Crippen molar-refractivity contribution in [2.45, 2.75) is 6.92 Å². The number of carbonyl (C=O) groups excluding carboxylic acids is 8. The van der Waals surface area contributed by atoms with Crippen molar-refractivity contribution in [1.29, 1.82) is 0 Å². The second kappa shape index (κ2) is 33.5. The van der Waals surface area contributed by atoms with E-state index < -0.39 is 74.9 Å². The van der Waals surface area contributed by atoms with Crippen LogP contribution in [-0.4, -0.2) is 197 Å². The van der Waals surface area contributed by atoms with E-state index in [-0.39, 0.29) is 44.1 Å². The number of aryl methyl sites for hydroxylation is 1. The van der Waals surface area contributed by atoms with Gasteiger partial charge >= 0.3 is 23.9 Å². The third-order valence-corrected chi connectivity index (χ3v) is 16.7. The zero-order chi connectivity index (χ0) is 78.0. The van der Waals surface area contributed by atoms with Crippen molar-refractivity contribution < 1.29 is 101 Å². The maximum atomic E-state index is 13.5. The number of H-pyrrole nitrogens is 6. The van der Waals surface area contributed by atoms with Gasteiger partial charge in [-0.3, -0.25) is 38.4 Å². The smallest absolute Gasteiger partial charge is 0.377 e. The zero-order valence-corrected chi connectivity index (χ0v) is 60.0. The number of methoxy groups -OCH3 is 4. The number of aliphatic carboxylic acids is 4. The van der Waals surface area contributed by atoms with Crippen LogP contribution in [0.5, 0.6) is 23.0 Å². The third kappa shape index (κ3) is 16.3. The molecule has 0 saturated heterocycles. The first-order valence-electron chi connectivity index (χ1n) is 29.3. The number of Topliss-reactive ketones (excluding diaryl/α,β-unsaturated/α-hetero) is 6. The van der Waals surface area contributed by atoms with E-state index in [9.17, 15) is 61.9 Å². The molecular formula is C65H44Br2Cl3FN16O20. The van der Waals surface area contributed by atoms with Crippen molar-refractivity contribution in [3.05, 3.63) is 177 Å². The molecule has 0 spiro atoms. The molecule has 546 valence electrons. The van der Waals surface area contributed by atoms with Crippen LogP contribution >= 0.6 is 66.7 Å². The third-order valence-electron chi connectivity index (χ3n) is 14.8. The summed E-state index contributed by atoms with van der Waals surface area (Å²) in [6.07, 6.45) is 17.8. The highest BCUT2D eigenvalue weighted by Gasteiger charge is 2.29. The second-order valence-corrected chi connectivity index (χ2v) is 23.5. The predicted octanol–water partition coefficient (Wildman–Crippen LogP) is 9.37. The van der Waals surface area contributed by atoms with Crippen molar-refractivity contribution in [1.82, 2.24) is 79.4 Å². The largest absolute Gasteiger partial charge is 0.494 e. The molecule has 107 heavy (non-hydrogen) atoms. The number of carboxylic acid groups (broad SMARTS) is 4. The molecule has 0 amide bonds. The molecule has 0 aliphatic rings. The first-order valence-corrected chi connectivity index (χ1v) is 32.0. The second-order valence-electron chi connectivity index (χ2n) is 20.9. The molecule has 0 aliphatic heterocycles. The minimum Gasteiger partial charge on any atom is -0.494 e. The molecule has 36 nitrogen and oxygen atoms in total. The molecule has 0 radical (unpaired) electrons. The van der Waals surface area contributed by atoms with E-state index >= 15 is 0 Å². The molecule has 0 unspecified atom stereocenters. The molecule has 14 rings (SSSR count). The van der Waals surface area contributed by atoms with Gasteiger partial charge in [0.1, 0.15) is 58.2 Å². The summed E-state index contributed by atoms with van der Waals surface area (Å²) in [6.45, 7) is 1.73. The number of hydrogen-bond acceptors (Lipinski definition) is 24. The van der Waals surface area contributed by atoms with Crippen molar-refractivity contribution in [3.8, 4) is 34.6 Å². The molecular weight excluding hydrogens is 1610 g/mol. The van der Waals surface area contributed by atoms with E-state index in [1.54, 1.807) is 19.1 Å². The van der Waals surface area contributed by atoms with Crippen molar-refractivity contribution >= 4 is 201 Å². The molecule has 14 aromatic rings. The zero-order valence-electron chi connectivity index (χ0n) is 54.5. The highest BCUT2D eigenvalue weighted by molar-refractivity contribution is 9.11. The van der Waals surface area contributed by atoms with E-state index in [0.717, 1.165) is 5.52 Å². The van der Waals surface area contributed by atoms with Crippen LogP contribution in [0.25, 0.3) is 77.1 Å². The van der Waals surface area contributed by atoms with Crippen molar-refractivity contribution in [2.75, 3.05) is 28.4 Å². The lowest BCUT2D eigenvalue weighted by Gasteiger charge is -2.06. The van der Waals surface area contributed by atoms with Gasteiger partial charge in [0.25, 0.3) is 33.6 Å². The fourth-order valence-corrected chi connectivity index (χ4v) is 11.4. The fourth-order valence-electron chi connectivity index (χ4n) is 10.1. The van der Waals surface area contributed by atoms with Crippen LogP contribution in [0.4, 0.5) is 4.39 Å². The summed E-state index contributed by atoms with van der Waals surface area (Å²) in [5.41, 5.74) is 3.30. The minimum absolute atomic E-state index is 0.000151. The Morgan fingerprint density at radius 3 is 1.32 bits per heavy atom. The summed E-state index contributed by atoms with van der Waals surface area (Å²) < 4.78 is 37.9. The van der Waals surface area contributed by atoms with Crippen LogP contribution in [0, 0.1) is 12.7 Å². The lowest BCUT2D eigenvalue weighted by atomic mass is 10.1. The Kier molecular flexibility index (Phi) is 24.4. The highest BCUT2D eigenvalue weighted by Crippen LogP contribution is 2.37. The van der Waals surface area contributed by atoms with Gasteiger partial charge in [-0.2, -0.15) is 10.2 Å². The monoisotopic (exact) mass is 1650 g/mol. The maximum absolute atomic E-state index is 13.5. The van der Waals surface area contributed by atoms with Crippen LogP contribution in [0.1, 0.15) is 68.0 Å². The molecule has 0 atom stereocenters. The van der Waals surface area contributed by atoms with Crippen LogP contribution in [-0.2, 0) is 28.8 Å². The van der Waals surface area contributed by atoms with Gasteiger partial charge in [-0.25, -0.2) is 62.8 Å². The Bertz CT molecular complexity index is 5830. The molecule has 10 N–H and O–H groups in total. The number of carbonyl (C=O) groups is 12. The van der Waals surface area contributed by atoms with Crippen molar-refractivity contribution in [3.63, 3.8) is 0 Å². The van der Waals surface area contributed by atoms with E-state index in [1.807, 2.05) is 12.1 Å². The number of fused-ring (bicyclic) bond motifs is 6. The normalized spacial score (nSPS) is 10.6. The number of halogens is 6. The molecule has 0 bridgehead atoms. The number of aromatic amines is 6. The number of ether oxygens (including phenoxy) is 4. The minimum atomic E-state index is -1.61. The fraction of sp³-hybridized carbons (Fsp3) is 0.0769. The number of ketones is 6. The van der Waals surface area contributed by atoms with E-state index in [0.29, 0.717) is 104 Å². The summed E-state index contributed by atoms with van der Waals surface area (Å²) >= 11 is 22.5. The van der Waals surface area contributed by atoms with Gasteiger partial charge in [-0.15, -0.1) is 0 Å². The van der Waals surface area contributed by atoms with Crippen LogP contribution in [0.3, 0.4) is 0 Å². The van der Waals surface area contributed by atoms with Crippen LogP contribution in [0.15, 0.2) is 126 Å². The summed E-state index contributed by atoms with van der Waals surface area (Å²) in [5, 5.41) is 43.5. The van der Waals surface area contributed by atoms with Gasteiger partial charge < -0.3 is 69.3 Å². The van der Waals surface area contributed by atoms with Gasteiger partial charge in [0.15, 0.2) is 16.8 Å². The Labute approximate surface area is 624 Å². The van der Waals surface area contributed by atoms with Gasteiger partial charge in [0, 0.05) is 57.9 Å². The van der Waals surface area contributed by atoms with Gasteiger partial charge in [-0.05, 0) is 80.2 Å². The standard InChI is InChI=1S/C13H11N5O4.C12H9N5O4.C10H6BrClN2O3.C10H5BrFNO3.C10H7ClN2O4.C10H6ClNO2/c1-6-16-5-18(17-6)12-10-9(8(22-2)4-15-12)7(3-14-10)11(19)13(20)21;1-21-7-3-15-11(17-5-13-4-16-17)9-8(7)6(2-14-9)10(18)12(19)20;1-17-5-3-14-9(11)7-6(5)4(2-13-7)8(15)10(12)16;11-5-1-2-6(12)7-4(3-13-8(5)7)9(14)10(15)16;1-17-5-3-13-9(11)7-6(5)4(2-12-7)8(14)10(15)16;11-10(14)9(13)7-5-12-8-4-2-1-3-6(7)8/h3-5,14H,1-2H3,(H,20,21);2-5,14H,1H3,(H,19,20);2-3,13H,1H3;1-3,13H,(H,15,16);2-3,12H,1H3,(H,15,16);1-5,12H. The quantitative estimate of drug-likeness (QED) is 0.0165. The van der Waals surface area contributed by atoms with Gasteiger partial charge in [0.05, 0.1) is 136 Å². The van der Waals surface area contributed by atoms with Gasteiger partial charge in [-0.1, -0.05) is 29.8 Å². The number of aromatic nitrogens is 16. The number of pyridine rings is 4. The number of hydrogen-bond donors (Lipinski definition) is 10. The van der Waals surface area contributed by atoms with E-state index in [2.05, 4.69) is 102 Å². The highest BCUT2D eigenvalue weighted by atomic mass is 79.9. The molecule has 12 heterocycles. The Hall–Kier alpha value is -13.2. The number of nitrogens with one attached hydrogen (secondary N) is 6. The SMILES string of the molecule is COc1cnc(-n2cnc(C)n2)c2[nH]cc(C(=O)C(=O)O)c12.COc1cnc(-n2cncn2)c2[nH]cc(C(=O)C(=O)O)c12.COc1cnc(Br)c2[nH]cc(C(=O)C(=O)Cl)c12.COc1cnc(Cl)c2[nH]cc(C(=O)C(=O)O)c12.O=C(Cl)C(=O)c1c[nH]c2ccccc12.O=C(O)C(=O)c1c[nH]c2c(Br)ccc(F)c12. The van der Waals surface area contributed by atoms with Crippen LogP contribution < -0.4 is 18.9 Å². The van der Waals surface area contributed by atoms with E-state index in [4.69, 9.17) is 74.2 Å². The molecule has 0 saturated carbocycles. The first kappa shape index (κ1) is 77.9. The Morgan fingerprint density at radius 1 is 0.458 bits per heavy atom. The lowest BCUT2D eigenvalue weighted by Crippen LogP contribution is -2.12. The van der Waals surface area contributed by atoms with Crippen LogP contribution in [0.2, 0.25) is 5.15 Å². The molecule has 42 heteroatoms. The summed E-state index contributed by atoms with van der Waals surface area (Å²) in [7, 11) is 5.67. The number of para-hydroxylation sites is 1. The Morgan fingerprint density at radius 2 is 0.860 bits per heavy atom. The number of carboxylic acids is 4. The van der Waals surface area contributed by atoms with Crippen molar-refractivity contribution in [2.24, 2.45) is 0 Å². The molecule has 0 aliphatic carbocycles. The Balaban J connectivity index is 0.000000149. The summed E-state index contributed by atoms with van der Waals surface area (Å²) in [5.74, 6) is -9.97. The number of benzene rings is 2. The number of nitrogens with zero attached hydrogens (tertiary/aromatic N) is 10. The molecule has 12 aromatic heterocycles. The average Bonchev–Trinajstić information content (AvgIpc) is 1.66. The maximum Gasteiger partial charge on any atom is 0.377 e. The average molecular weight is 1650 g/mol. The summed E-state index contributed by atoms with van der Waals surface area (Å²) in [6, 6.07) is 9.87. The molecule has 2 aromatic carbocycles. The molecule has 0 fully saturated rings. The predicted molar refractivity (Wildman–Crippen MR) is 380 cm³/mol. The first-order chi connectivity index (χ1) is 51.0. The lowest BCUT2D eigenvalue weighted by molar-refractivity contribution is -0.132. The summed E-state index contributed by atoms with van der Waals surface area (Å²) in [4.78, 5) is 175. The number of rotatable bonds is 18. The van der Waals surface area contributed by atoms with E-state index in [1.165, 1.54) is 131 Å². The van der Waals surface area contributed by atoms with Gasteiger partial charge in [0.2, 0.25) is 11.6 Å².